The number of aliphatic hydroxyl groups is 1. The first kappa shape index (κ1) is 9.92. The molecule has 2 nitrogen and oxygen atoms in total. The van der Waals surface area contributed by atoms with Gasteiger partial charge >= 0.3 is 0 Å². The summed E-state index contributed by atoms with van der Waals surface area (Å²) in [6.07, 6.45) is 3.70. The van der Waals surface area contributed by atoms with Crippen LogP contribution in [-0.2, 0) is 0 Å². The molecule has 1 N–H and O–H groups in total. The third kappa shape index (κ3) is 6.05. The van der Waals surface area contributed by atoms with Gasteiger partial charge in [-0.3, -0.25) is 0 Å². The van der Waals surface area contributed by atoms with E-state index in [-0.39, 0.29) is 0 Å². The van der Waals surface area contributed by atoms with Gasteiger partial charge in [0.05, 0.1) is 0 Å². The number of nitrogens with zero attached hydrogens (tertiary/aromatic N) is 1. The third-order valence-electron chi connectivity index (χ3n) is 1.55. The average molecular weight is 145 g/mol. The maximum Gasteiger partial charge on any atom is 0.0428 e. The number of aliphatic hydroxyl groups excluding tert-OH is 1. The van der Waals surface area contributed by atoms with Gasteiger partial charge in [-0.2, -0.15) is 0 Å². The van der Waals surface area contributed by atoms with E-state index < -0.39 is 0 Å². The van der Waals surface area contributed by atoms with Gasteiger partial charge in [-0.15, -0.1) is 0 Å². The Balaban J connectivity index is 0.000000180. The van der Waals surface area contributed by atoms with Gasteiger partial charge in [0.2, 0.25) is 0 Å². The molecular weight excluding hydrogens is 126 g/mol. The van der Waals surface area contributed by atoms with Gasteiger partial charge in [-0.1, -0.05) is 6.92 Å². The van der Waals surface area contributed by atoms with Crippen LogP contribution in [0.1, 0.15) is 26.2 Å². The molecule has 10 heavy (non-hydrogen) atoms. The van der Waals surface area contributed by atoms with Crippen molar-refractivity contribution >= 4 is 0 Å². The van der Waals surface area contributed by atoms with Crippen molar-refractivity contribution in [2.24, 2.45) is 0 Å². The van der Waals surface area contributed by atoms with Crippen molar-refractivity contribution in [2.45, 2.75) is 26.2 Å². The summed E-state index contributed by atoms with van der Waals surface area (Å²) in [6, 6.07) is 0. The lowest BCUT2D eigenvalue weighted by molar-refractivity contribution is 0.295. The molecule has 0 aromatic carbocycles. The van der Waals surface area contributed by atoms with Gasteiger partial charge in [0.1, 0.15) is 0 Å². The van der Waals surface area contributed by atoms with E-state index in [9.17, 15) is 0 Å². The first-order valence-corrected chi connectivity index (χ1v) is 4.10. The summed E-state index contributed by atoms with van der Waals surface area (Å²) in [4.78, 5) is 2.36. The normalized spacial score (nSPS) is 18.3. The first-order chi connectivity index (χ1) is 4.81. The highest BCUT2D eigenvalue weighted by molar-refractivity contribution is 4.59. The van der Waals surface area contributed by atoms with E-state index in [1.54, 1.807) is 0 Å². The first-order valence-electron chi connectivity index (χ1n) is 4.10. The van der Waals surface area contributed by atoms with E-state index in [4.69, 9.17) is 5.11 Å². The lowest BCUT2D eigenvalue weighted by Gasteiger charge is -2.01. The van der Waals surface area contributed by atoms with Crippen molar-refractivity contribution in [1.82, 2.24) is 4.90 Å². The zero-order chi connectivity index (χ0) is 7.82. The second-order valence-electron chi connectivity index (χ2n) is 2.73. The zero-order valence-corrected chi connectivity index (χ0v) is 7.14. The smallest absolute Gasteiger partial charge is 0.0428 e. The molecule has 0 saturated carbocycles. The molecule has 1 rings (SSSR count). The molecule has 0 aromatic heterocycles. The molecule has 1 saturated heterocycles. The molecule has 1 aliphatic rings. The monoisotopic (exact) mass is 145 g/mol. The van der Waals surface area contributed by atoms with Gasteiger partial charge in [0.15, 0.2) is 0 Å². The molecule has 0 radical (unpaired) electrons. The van der Waals surface area contributed by atoms with E-state index in [0.717, 1.165) is 6.42 Å². The van der Waals surface area contributed by atoms with Gasteiger partial charge in [0, 0.05) is 6.61 Å². The maximum atomic E-state index is 7.88. The fraction of sp³-hybridized carbons (Fsp3) is 1.00. The van der Waals surface area contributed by atoms with Crippen molar-refractivity contribution in [3.05, 3.63) is 0 Å². The van der Waals surface area contributed by atoms with Crippen LogP contribution < -0.4 is 0 Å². The summed E-state index contributed by atoms with van der Waals surface area (Å²) < 4.78 is 0. The highest BCUT2D eigenvalue weighted by Crippen LogP contribution is 2.01. The predicted molar refractivity (Wildman–Crippen MR) is 44.1 cm³/mol. The molecule has 1 fully saturated rings. The van der Waals surface area contributed by atoms with E-state index >= 15 is 0 Å². The van der Waals surface area contributed by atoms with Gasteiger partial charge < -0.3 is 10.0 Å². The van der Waals surface area contributed by atoms with Crippen LogP contribution in [0.25, 0.3) is 0 Å². The van der Waals surface area contributed by atoms with Crippen LogP contribution in [0.15, 0.2) is 0 Å². The van der Waals surface area contributed by atoms with Crippen molar-refractivity contribution in [2.75, 3.05) is 26.7 Å². The molecule has 0 aliphatic carbocycles. The van der Waals surface area contributed by atoms with Crippen molar-refractivity contribution < 1.29 is 5.11 Å². The Morgan fingerprint density at radius 3 is 1.80 bits per heavy atom. The SMILES string of the molecule is CCCO.CN1CCCC1. The zero-order valence-electron chi connectivity index (χ0n) is 7.14. The topological polar surface area (TPSA) is 23.5 Å². The van der Waals surface area contributed by atoms with Crippen LogP contribution in [0.4, 0.5) is 0 Å². The van der Waals surface area contributed by atoms with E-state index in [2.05, 4.69) is 11.9 Å². The molecule has 0 amide bonds. The fourth-order valence-electron chi connectivity index (χ4n) is 0.875. The van der Waals surface area contributed by atoms with E-state index in [1.807, 2.05) is 6.92 Å². The lowest BCUT2D eigenvalue weighted by Crippen LogP contribution is -2.10. The number of hydrogen-bond acceptors (Lipinski definition) is 2. The van der Waals surface area contributed by atoms with Crippen LogP contribution >= 0.6 is 0 Å². The number of likely N-dealkylation sites (tertiary alicyclic amines) is 1. The Bertz CT molecular complexity index is 58.3. The second kappa shape index (κ2) is 7.03. The van der Waals surface area contributed by atoms with Crippen LogP contribution in [-0.4, -0.2) is 36.8 Å². The van der Waals surface area contributed by atoms with E-state index in [1.165, 1.54) is 25.9 Å². The summed E-state index contributed by atoms with van der Waals surface area (Å²) in [5, 5.41) is 7.88. The molecule has 1 aliphatic heterocycles. The largest absolute Gasteiger partial charge is 0.396 e. The Morgan fingerprint density at radius 1 is 1.30 bits per heavy atom. The Morgan fingerprint density at radius 2 is 1.70 bits per heavy atom. The maximum absolute atomic E-state index is 7.88. The Kier molecular flexibility index (Phi) is 6.98. The summed E-state index contributed by atoms with van der Waals surface area (Å²) in [5.74, 6) is 0. The summed E-state index contributed by atoms with van der Waals surface area (Å²) in [6.45, 7) is 4.89. The number of hydrogen-bond donors (Lipinski definition) is 1. The quantitative estimate of drug-likeness (QED) is 0.597. The van der Waals surface area contributed by atoms with Crippen LogP contribution in [0.5, 0.6) is 0 Å². The second-order valence-corrected chi connectivity index (χ2v) is 2.73. The minimum atomic E-state index is 0.319. The van der Waals surface area contributed by atoms with Gasteiger partial charge in [0.25, 0.3) is 0 Å². The summed E-state index contributed by atoms with van der Waals surface area (Å²) >= 11 is 0. The Labute approximate surface area is 63.8 Å². The molecule has 0 bridgehead atoms. The van der Waals surface area contributed by atoms with Crippen molar-refractivity contribution in [1.29, 1.82) is 0 Å². The number of rotatable bonds is 1. The lowest BCUT2D eigenvalue weighted by atomic mass is 10.4. The molecule has 0 aromatic rings. The molecule has 1 heterocycles. The van der Waals surface area contributed by atoms with Crippen molar-refractivity contribution in [3.8, 4) is 0 Å². The average Bonchev–Trinajstić information content (AvgIpc) is 2.40. The summed E-state index contributed by atoms with van der Waals surface area (Å²) in [5.41, 5.74) is 0. The molecule has 62 valence electrons. The highest BCUT2D eigenvalue weighted by Gasteiger charge is 2.03. The van der Waals surface area contributed by atoms with Gasteiger partial charge in [-0.05, 0) is 39.4 Å². The van der Waals surface area contributed by atoms with Gasteiger partial charge in [-0.25, -0.2) is 0 Å². The van der Waals surface area contributed by atoms with E-state index in [0.29, 0.717) is 6.61 Å². The molecule has 2 heteroatoms. The Hall–Kier alpha value is -0.0800. The van der Waals surface area contributed by atoms with Crippen LogP contribution in [0.2, 0.25) is 0 Å². The molecule has 0 spiro atoms. The standard InChI is InChI=1S/C5H11N.C3H8O/c1-6-4-2-3-5-6;1-2-3-4/h2-5H2,1H3;4H,2-3H2,1H3. The minimum absolute atomic E-state index is 0.319. The van der Waals surface area contributed by atoms with Crippen LogP contribution in [0, 0.1) is 0 Å². The fourth-order valence-corrected chi connectivity index (χ4v) is 0.875. The molecular formula is C8H19NO. The third-order valence-corrected chi connectivity index (χ3v) is 1.55. The summed E-state index contributed by atoms with van der Waals surface area (Å²) in [7, 11) is 2.17. The van der Waals surface area contributed by atoms with Crippen LogP contribution in [0.3, 0.4) is 0 Å². The minimum Gasteiger partial charge on any atom is -0.396 e. The molecule has 0 atom stereocenters. The van der Waals surface area contributed by atoms with Crippen molar-refractivity contribution in [3.63, 3.8) is 0 Å². The highest BCUT2D eigenvalue weighted by atomic mass is 16.2. The molecule has 0 unspecified atom stereocenters. The predicted octanol–water partition coefficient (Wildman–Crippen LogP) is 1.10.